The molecule has 0 saturated carbocycles. The van der Waals surface area contributed by atoms with Crippen molar-refractivity contribution in [2.24, 2.45) is 0 Å². The van der Waals surface area contributed by atoms with Crippen LogP contribution in [0.3, 0.4) is 0 Å². The predicted molar refractivity (Wildman–Crippen MR) is 122 cm³/mol. The summed E-state index contributed by atoms with van der Waals surface area (Å²) in [6, 6.07) is 12.1. The van der Waals surface area contributed by atoms with Crippen molar-refractivity contribution < 1.29 is 4.79 Å². The fraction of sp³-hybridized carbons (Fsp3) is 0.348. The Morgan fingerprint density at radius 1 is 1.17 bits per heavy atom. The van der Waals surface area contributed by atoms with Crippen molar-refractivity contribution in [1.82, 2.24) is 9.47 Å². The molecule has 0 spiro atoms. The number of rotatable bonds is 2. The van der Waals surface area contributed by atoms with Gasteiger partial charge in [0, 0.05) is 32.5 Å². The van der Waals surface area contributed by atoms with E-state index in [4.69, 9.17) is 0 Å². The number of fused-ring (bicyclic) bond motifs is 5. The molecule has 5 rings (SSSR count). The van der Waals surface area contributed by atoms with E-state index < -0.39 is 0 Å². The average Bonchev–Trinajstić information content (AvgIpc) is 3.32. The molecule has 1 aliphatic carbocycles. The topological polar surface area (TPSA) is 37.3 Å². The van der Waals surface area contributed by atoms with Crippen molar-refractivity contribution in [2.75, 3.05) is 5.32 Å². The van der Waals surface area contributed by atoms with Crippen LogP contribution in [0.5, 0.6) is 0 Å². The van der Waals surface area contributed by atoms with Gasteiger partial charge in [0.05, 0.1) is 12.6 Å². The summed E-state index contributed by atoms with van der Waals surface area (Å²) in [5.41, 5.74) is 4.87. The van der Waals surface area contributed by atoms with Crippen LogP contribution in [0.1, 0.15) is 53.9 Å². The minimum Gasteiger partial charge on any atom is -0.312 e. The van der Waals surface area contributed by atoms with Crippen molar-refractivity contribution in [2.45, 2.75) is 51.6 Å². The molecule has 3 aromatic rings. The molecule has 0 unspecified atom stereocenters. The highest BCUT2D eigenvalue weighted by Gasteiger charge is 2.34. The highest BCUT2D eigenvalue weighted by atomic mass is 79.9. The van der Waals surface area contributed by atoms with E-state index in [1.165, 1.54) is 46.0 Å². The third-order valence-electron chi connectivity index (χ3n) is 6.05. The molecule has 2 amide bonds. The lowest BCUT2D eigenvalue weighted by atomic mass is 9.95. The Morgan fingerprint density at radius 3 is 2.76 bits per heavy atom. The molecule has 4 nitrogen and oxygen atoms in total. The second kappa shape index (κ2) is 7.65. The molecule has 2 aromatic heterocycles. The molecule has 1 aromatic carbocycles. The maximum atomic E-state index is 13.4. The fourth-order valence-electron chi connectivity index (χ4n) is 4.64. The summed E-state index contributed by atoms with van der Waals surface area (Å²) in [6.45, 7) is 2.83. The highest BCUT2D eigenvalue weighted by Crippen LogP contribution is 2.43. The Hall–Kier alpha value is -2.05. The monoisotopic (exact) mass is 469 g/mol. The first-order valence-corrected chi connectivity index (χ1v) is 11.9. The number of carbonyl (C=O) groups is 1. The number of carbonyl (C=O) groups excluding carboxylic acids is 1. The van der Waals surface area contributed by atoms with Crippen LogP contribution in [-0.2, 0) is 19.4 Å². The SMILES string of the molecule is CC[C@@H]1c2cccn2-c2sc3c(c2CN1C(=O)Nc1ccc(Br)cc1)CCCC3. The maximum absolute atomic E-state index is 13.4. The molecule has 2 aliphatic rings. The van der Waals surface area contributed by atoms with Crippen molar-refractivity contribution in [3.8, 4) is 5.00 Å². The number of aryl methyl sites for hydroxylation is 1. The predicted octanol–water partition coefficient (Wildman–Crippen LogP) is 6.68. The van der Waals surface area contributed by atoms with Gasteiger partial charge in [0.2, 0.25) is 0 Å². The number of nitrogens with one attached hydrogen (secondary N) is 1. The molecule has 0 radical (unpaired) electrons. The summed E-state index contributed by atoms with van der Waals surface area (Å²) in [5.74, 6) is 0. The lowest BCUT2D eigenvalue weighted by Gasteiger charge is -2.30. The molecule has 29 heavy (non-hydrogen) atoms. The largest absolute Gasteiger partial charge is 0.322 e. The first kappa shape index (κ1) is 18.9. The van der Waals surface area contributed by atoms with Gasteiger partial charge in [0.1, 0.15) is 5.00 Å². The van der Waals surface area contributed by atoms with Gasteiger partial charge in [0.25, 0.3) is 0 Å². The van der Waals surface area contributed by atoms with E-state index in [1.807, 2.05) is 40.5 Å². The van der Waals surface area contributed by atoms with Crippen molar-refractivity contribution in [1.29, 1.82) is 0 Å². The standard InChI is InChI=1S/C23H24BrN3OS/c1-2-19-20-7-5-13-26(20)22-18(17-6-3-4-8-21(17)29-22)14-27(19)23(28)25-16-11-9-15(24)10-12-16/h5,7,9-13,19H,2-4,6,8,14H2,1H3,(H,25,28)/t19-/m1/s1. The molecule has 3 heterocycles. The van der Waals surface area contributed by atoms with E-state index in [-0.39, 0.29) is 12.1 Å². The van der Waals surface area contributed by atoms with Crippen LogP contribution in [0.4, 0.5) is 10.5 Å². The normalized spacial score (nSPS) is 17.9. The number of urea groups is 1. The molecule has 1 N–H and O–H groups in total. The van der Waals surface area contributed by atoms with Crippen LogP contribution >= 0.6 is 27.3 Å². The minimum absolute atomic E-state index is 0.0319. The van der Waals surface area contributed by atoms with E-state index in [9.17, 15) is 4.79 Å². The molecule has 0 bridgehead atoms. The molecule has 6 heteroatoms. The van der Waals surface area contributed by atoms with Gasteiger partial charge in [-0.2, -0.15) is 0 Å². The van der Waals surface area contributed by atoms with Crippen LogP contribution in [0.25, 0.3) is 5.00 Å². The van der Waals surface area contributed by atoms with E-state index in [1.54, 1.807) is 0 Å². The second-order valence-corrected chi connectivity index (χ2v) is 9.79. The Kier molecular flexibility index (Phi) is 5.00. The number of anilines is 1. The lowest BCUT2D eigenvalue weighted by molar-refractivity contribution is 0.181. The average molecular weight is 470 g/mol. The maximum Gasteiger partial charge on any atom is 0.322 e. The van der Waals surface area contributed by atoms with Gasteiger partial charge < -0.3 is 14.8 Å². The van der Waals surface area contributed by atoms with E-state index >= 15 is 0 Å². The minimum atomic E-state index is -0.0319. The summed E-state index contributed by atoms with van der Waals surface area (Å²) < 4.78 is 3.34. The van der Waals surface area contributed by atoms with Crippen molar-refractivity contribution in [3.63, 3.8) is 0 Å². The number of hydrogen-bond acceptors (Lipinski definition) is 2. The van der Waals surface area contributed by atoms with Gasteiger partial charge in [-0.25, -0.2) is 4.79 Å². The van der Waals surface area contributed by atoms with Crippen LogP contribution in [-0.4, -0.2) is 15.5 Å². The van der Waals surface area contributed by atoms with Gasteiger partial charge in [-0.15, -0.1) is 11.3 Å². The number of nitrogens with zero attached hydrogens (tertiary/aromatic N) is 2. The van der Waals surface area contributed by atoms with E-state index in [2.05, 4.69) is 51.1 Å². The molecule has 0 fully saturated rings. The number of amides is 2. The molecule has 1 aliphatic heterocycles. The van der Waals surface area contributed by atoms with Gasteiger partial charge >= 0.3 is 6.03 Å². The van der Waals surface area contributed by atoms with Crippen molar-refractivity contribution in [3.05, 3.63) is 68.8 Å². The quantitative estimate of drug-likeness (QED) is 0.446. The Labute approximate surface area is 183 Å². The first-order valence-electron chi connectivity index (χ1n) is 10.3. The Balaban J connectivity index is 1.56. The van der Waals surface area contributed by atoms with E-state index in [0.29, 0.717) is 6.54 Å². The third kappa shape index (κ3) is 3.32. The first-order chi connectivity index (χ1) is 14.2. The van der Waals surface area contributed by atoms with Crippen LogP contribution in [0.15, 0.2) is 47.1 Å². The molecule has 0 saturated heterocycles. The summed E-state index contributed by atoms with van der Waals surface area (Å²) in [4.78, 5) is 16.9. The summed E-state index contributed by atoms with van der Waals surface area (Å²) in [5, 5.41) is 4.43. The molecule has 1 atom stereocenters. The number of thiophene rings is 1. The fourth-order valence-corrected chi connectivity index (χ4v) is 6.30. The van der Waals surface area contributed by atoms with Gasteiger partial charge in [0.15, 0.2) is 0 Å². The number of halogens is 1. The summed E-state index contributed by atoms with van der Waals surface area (Å²) in [7, 11) is 0. The van der Waals surface area contributed by atoms with Crippen LogP contribution in [0, 0.1) is 0 Å². The Morgan fingerprint density at radius 2 is 1.97 bits per heavy atom. The number of hydrogen-bond donors (Lipinski definition) is 1. The van der Waals surface area contributed by atoms with Gasteiger partial charge in [-0.05, 0) is 74.1 Å². The zero-order valence-electron chi connectivity index (χ0n) is 16.5. The summed E-state index contributed by atoms with van der Waals surface area (Å²) in [6.07, 6.45) is 7.87. The Bertz CT molecular complexity index is 1050. The van der Waals surface area contributed by atoms with Crippen LogP contribution < -0.4 is 5.32 Å². The van der Waals surface area contributed by atoms with Crippen molar-refractivity contribution >= 4 is 39.0 Å². The van der Waals surface area contributed by atoms with Gasteiger partial charge in [-0.1, -0.05) is 22.9 Å². The zero-order valence-corrected chi connectivity index (χ0v) is 18.9. The third-order valence-corrected chi connectivity index (χ3v) is 7.91. The number of aromatic nitrogens is 1. The van der Waals surface area contributed by atoms with Gasteiger partial charge in [-0.3, -0.25) is 0 Å². The zero-order chi connectivity index (χ0) is 20.0. The van der Waals surface area contributed by atoms with Crippen LogP contribution in [0.2, 0.25) is 0 Å². The lowest BCUT2D eigenvalue weighted by Crippen LogP contribution is -2.37. The molecule has 150 valence electrons. The smallest absolute Gasteiger partial charge is 0.312 e. The molecular weight excluding hydrogens is 446 g/mol. The summed E-state index contributed by atoms with van der Waals surface area (Å²) >= 11 is 5.39. The second-order valence-electron chi connectivity index (χ2n) is 7.79. The van der Waals surface area contributed by atoms with E-state index in [0.717, 1.165) is 23.0 Å². The highest BCUT2D eigenvalue weighted by molar-refractivity contribution is 9.10. The molecular formula is C23H24BrN3OS. The number of benzene rings is 1.